The first-order chi connectivity index (χ1) is 12.4. The summed E-state index contributed by atoms with van der Waals surface area (Å²) in [6.07, 6.45) is 0. The number of sulfonamides is 1. The second kappa shape index (κ2) is 7.27. The highest BCUT2D eigenvalue weighted by molar-refractivity contribution is 7.89. The van der Waals surface area contributed by atoms with E-state index in [2.05, 4.69) is 15.6 Å². The van der Waals surface area contributed by atoms with Gasteiger partial charge in [0.2, 0.25) is 10.0 Å². The number of hydrogen-bond acceptors (Lipinski definition) is 5. The first kappa shape index (κ1) is 18.1. The molecule has 2 aromatic carbocycles. The van der Waals surface area contributed by atoms with E-state index in [1.807, 2.05) is 18.2 Å². The molecular weight excluding hydrogens is 352 g/mol. The van der Waals surface area contributed by atoms with Crippen LogP contribution in [0.15, 0.2) is 58.4 Å². The molecule has 0 fully saturated rings. The smallest absolute Gasteiger partial charge is 0.255 e. The van der Waals surface area contributed by atoms with E-state index in [0.717, 1.165) is 22.2 Å². The Bertz CT molecular complexity index is 951. The monoisotopic (exact) mass is 372 g/mol. The molecule has 1 amide bonds. The second-order valence-electron chi connectivity index (χ2n) is 5.97. The highest BCUT2D eigenvalue weighted by atomic mass is 32.2. The van der Waals surface area contributed by atoms with Gasteiger partial charge in [-0.15, -0.1) is 0 Å². The minimum atomic E-state index is -3.52. The summed E-state index contributed by atoms with van der Waals surface area (Å²) in [7, 11) is -0.589. The molecule has 7 nitrogen and oxygen atoms in total. The minimum Gasteiger partial charge on any atom is -0.368 e. The van der Waals surface area contributed by atoms with Gasteiger partial charge in [0, 0.05) is 31.8 Å². The van der Waals surface area contributed by atoms with Gasteiger partial charge in [-0.1, -0.05) is 12.1 Å². The molecule has 2 N–H and O–H groups in total. The van der Waals surface area contributed by atoms with Crippen LogP contribution in [0.1, 0.15) is 15.9 Å². The van der Waals surface area contributed by atoms with Crippen molar-refractivity contribution in [3.8, 4) is 0 Å². The Kier molecular flexibility index (Phi) is 5.06. The van der Waals surface area contributed by atoms with Crippen molar-refractivity contribution in [1.82, 2.24) is 9.62 Å². The Hall–Kier alpha value is -2.71. The van der Waals surface area contributed by atoms with E-state index in [1.165, 1.54) is 38.4 Å². The van der Waals surface area contributed by atoms with Gasteiger partial charge in [-0.3, -0.25) is 9.79 Å². The number of amides is 1. The molecule has 1 aliphatic heterocycles. The van der Waals surface area contributed by atoms with Crippen LogP contribution >= 0.6 is 0 Å². The zero-order valence-electron chi connectivity index (χ0n) is 14.6. The molecule has 0 aliphatic carbocycles. The molecular formula is C18H20N4O3S. The summed E-state index contributed by atoms with van der Waals surface area (Å²) < 4.78 is 25.3. The summed E-state index contributed by atoms with van der Waals surface area (Å²) in [6.45, 7) is 1.48. The maximum atomic E-state index is 12.5. The Morgan fingerprint density at radius 3 is 2.42 bits per heavy atom. The minimum absolute atomic E-state index is 0.143. The Balaban J connectivity index is 1.81. The van der Waals surface area contributed by atoms with E-state index in [0.29, 0.717) is 17.8 Å². The highest BCUT2D eigenvalue weighted by Gasteiger charge is 2.18. The van der Waals surface area contributed by atoms with E-state index < -0.39 is 10.0 Å². The number of rotatable bonds is 5. The van der Waals surface area contributed by atoms with Crippen LogP contribution in [0.3, 0.4) is 0 Å². The maximum Gasteiger partial charge on any atom is 0.255 e. The van der Waals surface area contributed by atoms with Crippen molar-refractivity contribution in [2.75, 3.05) is 32.5 Å². The second-order valence-corrected chi connectivity index (χ2v) is 8.12. The Morgan fingerprint density at radius 1 is 1.12 bits per heavy atom. The fraction of sp³-hybridized carbons (Fsp3) is 0.222. The van der Waals surface area contributed by atoms with Gasteiger partial charge in [-0.2, -0.15) is 0 Å². The Labute approximate surface area is 152 Å². The molecule has 2 aromatic rings. The van der Waals surface area contributed by atoms with Crippen molar-refractivity contribution in [3.63, 3.8) is 0 Å². The fourth-order valence-electron chi connectivity index (χ4n) is 2.56. The van der Waals surface area contributed by atoms with Gasteiger partial charge < -0.3 is 10.6 Å². The molecule has 0 unspecified atom stereocenters. The van der Waals surface area contributed by atoms with E-state index in [1.54, 1.807) is 6.07 Å². The SMILES string of the molecule is CN(C)S(=O)(=O)c1ccc(C(=O)Nc2ccccc2C2=NCCN2)cc1. The van der Waals surface area contributed by atoms with Crippen LogP contribution in [0.5, 0.6) is 0 Å². The van der Waals surface area contributed by atoms with Crippen LogP contribution in [-0.2, 0) is 10.0 Å². The highest BCUT2D eigenvalue weighted by Crippen LogP contribution is 2.19. The van der Waals surface area contributed by atoms with Crippen LogP contribution < -0.4 is 10.6 Å². The van der Waals surface area contributed by atoms with Gasteiger partial charge in [0.1, 0.15) is 5.84 Å². The molecule has 1 heterocycles. The average molecular weight is 372 g/mol. The van der Waals surface area contributed by atoms with Gasteiger partial charge in [0.25, 0.3) is 5.91 Å². The lowest BCUT2D eigenvalue weighted by molar-refractivity contribution is 0.102. The number of para-hydroxylation sites is 1. The third-order valence-electron chi connectivity index (χ3n) is 4.00. The molecule has 0 bridgehead atoms. The summed E-state index contributed by atoms with van der Waals surface area (Å²) in [6, 6.07) is 13.3. The van der Waals surface area contributed by atoms with Gasteiger partial charge in [-0.25, -0.2) is 12.7 Å². The summed E-state index contributed by atoms with van der Waals surface area (Å²) in [5, 5.41) is 6.05. The predicted octanol–water partition coefficient (Wildman–Crippen LogP) is 1.54. The average Bonchev–Trinajstić information content (AvgIpc) is 3.16. The van der Waals surface area contributed by atoms with Crippen LogP contribution in [0.25, 0.3) is 0 Å². The van der Waals surface area contributed by atoms with Gasteiger partial charge in [0.15, 0.2) is 0 Å². The zero-order valence-corrected chi connectivity index (χ0v) is 15.4. The van der Waals surface area contributed by atoms with E-state index in [9.17, 15) is 13.2 Å². The van der Waals surface area contributed by atoms with Crippen molar-refractivity contribution in [3.05, 3.63) is 59.7 Å². The fourth-order valence-corrected chi connectivity index (χ4v) is 3.46. The van der Waals surface area contributed by atoms with E-state index >= 15 is 0 Å². The number of hydrogen-bond donors (Lipinski definition) is 2. The molecule has 136 valence electrons. The number of aliphatic imine (C=N–C) groups is 1. The summed E-state index contributed by atoms with van der Waals surface area (Å²) >= 11 is 0. The lowest BCUT2D eigenvalue weighted by Gasteiger charge is -2.13. The summed E-state index contributed by atoms with van der Waals surface area (Å²) in [5.74, 6) is 0.443. The van der Waals surface area contributed by atoms with E-state index in [-0.39, 0.29) is 10.8 Å². The number of amidine groups is 1. The number of nitrogens with one attached hydrogen (secondary N) is 2. The van der Waals surface area contributed by atoms with Crippen LogP contribution in [0, 0.1) is 0 Å². The molecule has 26 heavy (non-hydrogen) atoms. The third kappa shape index (κ3) is 3.61. The first-order valence-corrected chi connectivity index (χ1v) is 9.55. The quantitative estimate of drug-likeness (QED) is 0.833. The van der Waals surface area contributed by atoms with Crippen LogP contribution in [0.2, 0.25) is 0 Å². The molecule has 0 radical (unpaired) electrons. The molecule has 0 aromatic heterocycles. The normalized spacial score (nSPS) is 14.0. The topological polar surface area (TPSA) is 90.9 Å². The van der Waals surface area contributed by atoms with Gasteiger partial charge in [0.05, 0.1) is 17.1 Å². The Morgan fingerprint density at radius 2 is 1.81 bits per heavy atom. The standard InChI is InChI=1S/C18H20N4O3S/c1-22(2)26(24,25)14-9-7-13(8-10-14)18(23)21-16-6-4-3-5-15(16)17-19-11-12-20-17/h3-10H,11-12H2,1-2H3,(H,19,20)(H,21,23). The van der Waals surface area contributed by atoms with Crippen molar-refractivity contribution < 1.29 is 13.2 Å². The van der Waals surface area contributed by atoms with Crippen LogP contribution in [-0.4, -0.2) is 51.7 Å². The molecule has 0 saturated carbocycles. The summed E-state index contributed by atoms with van der Waals surface area (Å²) in [5.41, 5.74) is 1.85. The third-order valence-corrected chi connectivity index (χ3v) is 5.83. The lowest BCUT2D eigenvalue weighted by Crippen LogP contribution is -2.23. The number of carbonyl (C=O) groups is 1. The molecule has 1 aliphatic rings. The molecule has 0 saturated heterocycles. The predicted molar refractivity (Wildman–Crippen MR) is 101 cm³/mol. The van der Waals surface area contributed by atoms with Crippen LogP contribution in [0.4, 0.5) is 5.69 Å². The number of benzene rings is 2. The molecule has 0 spiro atoms. The van der Waals surface area contributed by atoms with Crippen molar-refractivity contribution >= 4 is 27.5 Å². The van der Waals surface area contributed by atoms with E-state index in [4.69, 9.17) is 0 Å². The van der Waals surface area contributed by atoms with Crippen molar-refractivity contribution in [2.45, 2.75) is 4.90 Å². The van der Waals surface area contributed by atoms with Crippen molar-refractivity contribution in [1.29, 1.82) is 0 Å². The van der Waals surface area contributed by atoms with Crippen molar-refractivity contribution in [2.24, 2.45) is 4.99 Å². The number of anilines is 1. The number of carbonyl (C=O) groups excluding carboxylic acids is 1. The lowest BCUT2D eigenvalue weighted by atomic mass is 10.1. The van der Waals surface area contributed by atoms with Gasteiger partial charge in [-0.05, 0) is 36.4 Å². The molecule has 0 atom stereocenters. The van der Waals surface area contributed by atoms with Gasteiger partial charge >= 0.3 is 0 Å². The first-order valence-electron chi connectivity index (χ1n) is 8.11. The molecule has 3 rings (SSSR count). The zero-order chi connectivity index (χ0) is 18.7. The number of nitrogens with zero attached hydrogens (tertiary/aromatic N) is 2. The largest absolute Gasteiger partial charge is 0.368 e. The maximum absolute atomic E-state index is 12.5. The summed E-state index contributed by atoms with van der Waals surface area (Å²) in [4.78, 5) is 17.1. The molecule has 8 heteroatoms.